The van der Waals surface area contributed by atoms with E-state index in [2.05, 4.69) is 56.3 Å². The van der Waals surface area contributed by atoms with Gasteiger partial charge in [0.15, 0.2) is 5.78 Å². The summed E-state index contributed by atoms with van der Waals surface area (Å²) in [5.74, 6) is 1.68. The summed E-state index contributed by atoms with van der Waals surface area (Å²) in [7, 11) is 0. The molecule has 148 valence electrons. The van der Waals surface area contributed by atoms with Crippen LogP contribution in [0.15, 0.2) is 60.9 Å². The Morgan fingerprint density at radius 3 is 2.45 bits per heavy atom. The lowest BCUT2D eigenvalue weighted by Crippen LogP contribution is -2.46. The average Bonchev–Trinajstić information content (AvgIpc) is 2.74. The number of nitrogens with zero attached hydrogens (tertiary/aromatic N) is 4. The van der Waals surface area contributed by atoms with Gasteiger partial charge in [-0.2, -0.15) is 0 Å². The van der Waals surface area contributed by atoms with Crippen LogP contribution < -0.4 is 15.1 Å². The topological polar surface area (TPSA) is 61.4 Å². The molecule has 6 heteroatoms. The van der Waals surface area contributed by atoms with Gasteiger partial charge in [0, 0.05) is 49.2 Å². The van der Waals surface area contributed by atoms with Crippen molar-refractivity contribution in [2.24, 2.45) is 0 Å². The number of ketones is 1. The summed E-state index contributed by atoms with van der Waals surface area (Å²) < 4.78 is 0. The van der Waals surface area contributed by atoms with Crippen LogP contribution in [0.4, 0.5) is 23.0 Å². The Morgan fingerprint density at radius 1 is 0.931 bits per heavy atom. The second-order valence-corrected chi connectivity index (χ2v) is 7.34. The number of anilines is 4. The monoisotopic (exact) mass is 387 g/mol. The van der Waals surface area contributed by atoms with Gasteiger partial charge >= 0.3 is 0 Å². The standard InChI is InChI=1S/C23H25N5O/c1-17-5-3-8-21(13-17)27-9-11-28(12-10-27)23-15-22(24-16-25-23)26-20-7-4-6-19(14-20)18(2)29/h3-8,13-16H,9-12H2,1-2H3,(H,24,25,26). The number of Topliss-reactive ketones (excluding diaryl/α,β-unsaturated/α-hetero) is 1. The van der Waals surface area contributed by atoms with Crippen LogP contribution in [0, 0.1) is 6.92 Å². The molecular formula is C23H25N5O. The van der Waals surface area contributed by atoms with E-state index in [-0.39, 0.29) is 5.78 Å². The van der Waals surface area contributed by atoms with Crippen LogP contribution in [-0.2, 0) is 0 Å². The summed E-state index contributed by atoms with van der Waals surface area (Å²) >= 11 is 0. The van der Waals surface area contributed by atoms with Gasteiger partial charge in [-0.25, -0.2) is 9.97 Å². The first-order valence-corrected chi connectivity index (χ1v) is 9.85. The summed E-state index contributed by atoms with van der Waals surface area (Å²) in [6, 6.07) is 18.0. The second kappa shape index (κ2) is 8.31. The Morgan fingerprint density at radius 2 is 1.69 bits per heavy atom. The summed E-state index contributed by atoms with van der Waals surface area (Å²) in [5, 5.41) is 3.28. The molecule has 2 heterocycles. The molecule has 1 N–H and O–H groups in total. The molecule has 6 nitrogen and oxygen atoms in total. The van der Waals surface area contributed by atoms with E-state index >= 15 is 0 Å². The van der Waals surface area contributed by atoms with Crippen molar-refractivity contribution in [3.8, 4) is 0 Å². The number of piperazine rings is 1. The van der Waals surface area contributed by atoms with Crippen molar-refractivity contribution < 1.29 is 4.79 Å². The van der Waals surface area contributed by atoms with Crippen LogP contribution >= 0.6 is 0 Å². The fraction of sp³-hybridized carbons (Fsp3) is 0.261. The van der Waals surface area contributed by atoms with E-state index in [1.165, 1.54) is 11.3 Å². The van der Waals surface area contributed by atoms with Crippen molar-refractivity contribution in [2.45, 2.75) is 13.8 Å². The molecule has 1 aliphatic rings. The van der Waals surface area contributed by atoms with E-state index < -0.39 is 0 Å². The fourth-order valence-electron chi connectivity index (χ4n) is 3.57. The summed E-state index contributed by atoms with van der Waals surface area (Å²) in [6.45, 7) is 7.42. The van der Waals surface area contributed by atoms with Crippen molar-refractivity contribution in [3.63, 3.8) is 0 Å². The minimum atomic E-state index is 0.0449. The zero-order valence-corrected chi connectivity index (χ0v) is 16.8. The highest BCUT2D eigenvalue weighted by molar-refractivity contribution is 5.95. The normalized spacial score (nSPS) is 14.0. The van der Waals surface area contributed by atoms with Crippen molar-refractivity contribution in [1.29, 1.82) is 0 Å². The van der Waals surface area contributed by atoms with E-state index in [1.54, 1.807) is 13.3 Å². The van der Waals surface area contributed by atoms with Gasteiger partial charge in [-0.3, -0.25) is 4.79 Å². The maximum absolute atomic E-state index is 11.6. The largest absolute Gasteiger partial charge is 0.368 e. The van der Waals surface area contributed by atoms with Crippen molar-refractivity contribution in [1.82, 2.24) is 9.97 Å². The van der Waals surface area contributed by atoms with Gasteiger partial charge in [0.05, 0.1) is 0 Å². The number of benzene rings is 2. The van der Waals surface area contributed by atoms with Gasteiger partial charge in [-0.05, 0) is 43.7 Å². The van der Waals surface area contributed by atoms with Crippen LogP contribution in [-0.4, -0.2) is 41.9 Å². The first-order valence-electron chi connectivity index (χ1n) is 9.85. The maximum Gasteiger partial charge on any atom is 0.159 e. The van der Waals surface area contributed by atoms with Gasteiger partial charge in [0.25, 0.3) is 0 Å². The van der Waals surface area contributed by atoms with Crippen molar-refractivity contribution >= 4 is 28.8 Å². The van der Waals surface area contributed by atoms with Crippen LogP contribution in [0.5, 0.6) is 0 Å². The Bertz CT molecular complexity index is 1010. The quantitative estimate of drug-likeness (QED) is 0.666. The molecule has 0 atom stereocenters. The molecule has 0 bridgehead atoms. The predicted octanol–water partition coefficient (Wildman–Crippen LogP) is 4.06. The van der Waals surface area contributed by atoms with Gasteiger partial charge in [-0.1, -0.05) is 24.3 Å². The number of hydrogen-bond acceptors (Lipinski definition) is 6. The molecule has 0 amide bonds. The molecule has 2 aromatic carbocycles. The minimum absolute atomic E-state index is 0.0449. The lowest BCUT2D eigenvalue weighted by Gasteiger charge is -2.36. The molecule has 0 aliphatic carbocycles. The molecule has 4 rings (SSSR count). The molecule has 0 saturated carbocycles. The lowest BCUT2D eigenvalue weighted by molar-refractivity contribution is 0.101. The van der Waals surface area contributed by atoms with E-state index in [0.717, 1.165) is 43.5 Å². The molecule has 1 fully saturated rings. The van der Waals surface area contributed by atoms with E-state index in [0.29, 0.717) is 5.56 Å². The molecule has 0 unspecified atom stereocenters. The Labute approximate surface area is 171 Å². The Kier molecular flexibility index (Phi) is 5.42. The molecule has 3 aromatic rings. The van der Waals surface area contributed by atoms with Crippen molar-refractivity contribution in [3.05, 3.63) is 72.1 Å². The number of hydrogen-bond donors (Lipinski definition) is 1. The first-order chi connectivity index (χ1) is 14.1. The second-order valence-electron chi connectivity index (χ2n) is 7.34. The highest BCUT2D eigenvalue weighted by atomic mass is 16.1. The zero-order valence-electron chi connectivity index (χ0n) is 16.8. The number of aryl methyl sites for hydroxylation is 1. The number of aromatic nitrogens is 2. The molecule has 1 saturated heterocycles. The average molecular weight is 387 g/mol. The van der Waals surface area contributed by atoms with E-state index in [4.69, 9.17) is 0 Å². The highest BCUT2D eigenvalue weighted by Gasteiger charge is 2.19. The number of rotatable bonds is 5. The maximum atomic E-state index is 11.6. The predicted molar refractivity (Wildman–Crippen MR) is 117 cm³/mol. The summed E-state index contributed by atoms with van der Waals surface area (Å²) in [6.07, 6.45) is 1.58. The number of carbonyl (C=O) groups excluding carboxylic acids is 1. The Hall–Kier alpha value is -3.41. The Balaban J connectivity index is 1.43. The smallest absolute Gasteiger partial charge is 0.159 e. The third-order valence-electron chi connectivity index (χ3n) is 5.16. The molecule has 0 radical (unpaired) electrons. The van der Waals surface area contributed by atoms with Crippen LogP contribution in [0.25, 0.3) is 0 Å². The first kappa shape index (κ1) is 18.9. The fourth-order valence-corrected chi connectivity index (χ4v) is 3.57. The SMILES string of the molecule is CC(=O)c1cccc(Nc2cc(N3CCN(c4cccc(C)c4)CC3)ncn2)c1. The molecule has 29 heavy (non-hydrogen) atoms. The van der Waals surface area contributed by atoms with Crippen molar-refractivity contribution in [2.75, 3.05) is 41.3 Å². The van der Waals surface area contributed by atoms with Crippen LogP contribution in [0.2, 0.25) is 0 Å². The molecular weight excluding hydrogens is 362 g/mol. The van der Waals surface area contributed by atoms with Gasteiger partial charge in [-0.15, -0.1) is 0 Å². The van der Waals surface area contributed by atoms with E-state index in [9.17, 15) is 4.79 Å². The molecule has 0 spiro atoms. The highest BCUT2D eigenvalue weighted by Crippen LogP contribution is 2.23. The summed E-state index contributed by atoms with van der Waals surface area (Å²) in [4.78, 5) is 25.1. The minimum Gasteiger partial charge on any atom is -0.368 e. The summed E-state index contributed by atoms with van der Waals surface area (Å²) in [5.41, 5.74) is 4.08. The zero-order chi connectivity index (χ0) is 20.2. The number of carbonyl (C=O) groups is 1. The molecule has 1 aromatic heterocycles. The van der Waals surface area contributed by atoms with E-state index in [1.807, 2.05) is 30.3 Å². The van der Waals surface area contributed by atoms with Crippen LogP contribution in [0.1, 0.15) is 22.8 Å². The van der Waals surface area contributed by atoms with Gasteiger partial charge in [0.1, 0.15) is 18.0 Å². The number of nitrogens with one attached hydrogen (secondary N) is 1. The van der Waals surface area contributed by atoms with Crippen LogP contribution in [0.3, 0.4) is 0 Å². The van der Waals surface area contributed by atoms with Gasteiger partial charge in [0.2, 0.25) is 0 Å². The van der Waals surface area contributed by atoms with Gasteiger partial charge < -0.3 is 15.1 Å². The third kappa shape index (κ3) is 4.54. The third-order valence-corrected chi connectivity index (χ3v) is 5.16. The lowest BCUT2D eigenvalue weighted by atomic mass is 10.1. The molecule has 1 aliphatic heterocycles.